The monoisotopic (exact) mass is 401 g/mol. The third-order valence-corrected chi connectivity index (χ3v) is 4.85. The number of nitrogens with one attached hydrogen (secondary N) is 2. The van der Waals surface area contributed by atoms with E-state index in [0.717, 1.165) is 28.1 Å². The van der Waals surface area contributed by atoms with E-state index in [1.54, 1.807) is 11.9 Å². The molecule has 154 valence electrons. The number of rotatable bonds is 7. The topological polar surface area (TPSA) is 61.4 Å². The Morgan fingerprint density at radius 1 is 0.767 bits per heavy atom. The van der Waals surface area contributed by atoms with E-state index in [0.29, 0.717) is 0 Å². The number of carbonyl (C=O) groups is 2. The summed E-state index contributed by atoms with van der Waals surface area (Å²) in [6.45, 7) is 4.07. The van der Waals surface area contributed by atoms with Crippen LogP contribution in [0.5, 0.6) is 0 Å². The third kappa shape index (κ3) is 5.78. The number of aryl methyl sites for hydroxylation is 2. The average Bonchev–Trinajstić information content (AvgIpc) is 2.72. The van der Waals surface area contributed by atoms with Crippen LogP contribution in [0.15, 0.2) is 78.9 Å². The lowest BCUT2D eigenvalue weighted by atomic mass is 10.0. The fraction of sp³-hybridized carbons (Fsp3) is 0.200. The van der Waals surface area contributed by atoms with Crippen LogP contribution < -0.4 is 10.6 Å². The van der Waals surface area contributed by atoms with Crippen LogP contribution in [0.2, 0.25) is 0 Å². The molecule has 0 bridgehead atoms. The largest absolute Gasteiger partial charge is 0.325 e. The van der Waals surface area contributed by atoms with Crippen molar-refractivity contribution >= 4 is 23.2 Å². The van der Waals surface area contributed by atoms with E-state index >= 15 is 0 Å². The van der Waals surface area contributed by atoms with Crippen molar-refractivity contribution in [3.05, 3.63) is 95.6 Å². The molecule has 2 N–H and O–H groups in total. The lowest BCUT2D eigenvalue weighted by Gasteiger charge is -2.27. The molecule has 0 aliphatic rings. The standard InChI is InChI=1S/C25H27N3O2/c1-18-9-13-21(14-10-18)26-23(29)17-28(3)24(20-7-5-4-6-8-20)25(30)27-22-15-11-19(2)12-16-22/h4-16,24H,17H2,1-3H3,(H,26,29)(H,27,30). The highest BCUT2D eigenvalue weighted by molar-refractivity contribution is 5.97. The summed E-state index contributed by atoms with van der Waals surface area (Å²) in [6, 6.07) is 24.2. The molecule has 1 atom stereocenters. The molecule has 0 heterocycles. The van der Waals surface area contributed by atoms with Crippen LogP contribution in [-0.4, -0.2) is 30.3 Å². The van der Waals surface area contributed by atoms with E-state index in [1.807, 2.05) is 92.7 Å². The average molecular weight is 402 g/mol. The lowest BCUT2D eigenvalue weighted by Crippen LogP contribution is -2.39. The van der Waals surface area contributed by atoms with E-state index in [-0.39, 0.29) is 18.4 Å². The predicted molar refractivity (Wildman–Crippen MR) is 121 cm³/mol. The van der Waals surface area contributed by atoms with Crippen LogP contribution in [0.25, 0.3) is 0 Å². The zero-order chi connectivity index (χ0) is 21.5. The molecule has 3 aromatic rings. The number of carbonyl (C=O) groups excluding carboxylic acids is 2. The quantitative estimate of drug-likeness (QED) is 0.610. The second-order valence-corrected chi connectivity index (χ2v) is 7.50. The first-order chi connectivity index (χ1) is 14.4. The number of anilines is 2. The molecule has 30 heavy (non-hydrogen) atoms. The summed E-state index contributed by atoms with van der Waals surface area (Å²) in [6.07, 6.45) is 0. The molecular weight excluding hydrogens is 374 g/mol. The van der Waals surface area contributed by atoms with Gasteiger partial charge in [0.05, 0.1) is 6.54 Å². The van der Waals surface area contributed by atoms with Gasteiger partial charge in [-0.2, -0.15) is 0 Å². The van der Waals surface area contributed by atoms with Gasteiger partial charge in [-0.05, 0) is 50.7 Å². The first-order valence-corrected chi connectivity index (χ1v) is 9.91. The molecule has 3 aromatic carbocycles. The van der Waals surface area contributed by atoms with Gasteiger partial charge in [-0.3, -0.25) is 14.5 Å². The van der Waals surface area contributed by atoms with Crippen LogP contribution in [0.3, 0.4) is 0 Å². The summed E-state index contributed by atoms with van der Waals surface area (Å²) in [5, 5.41) is 5.85. The first-order valence-electron chi connectivity index (χ1n) is 9.91. The van der Waals surface area contributed by atoms with Crippen molar-refractivity contribution in [3.8, 4) is 0 Å². The van der Waals surface area contributed by atoms with Crippen LogP contribution in [0.4, 0.5) is 11.4 Å². The number of nitrogens with zero attached hydrogens (tertiary/aromatic N) is 1. The Balaban J connectivity index is 1.74. The molecule has 0 aliphatic heterocycles. The minimum absolute atomic E-state index is 0.0781. The van der Waals surface area contributed by atoms with Crippen LogP contribution >= 0.6 is 0 Å². The van der Waals surface area contributed by atoms with Gasteiger partial charge in [0.15, 0.2) is 0 Å². The number of likely N-dealkylation sites (N-methyl/N-ethyl adjacent to an activating group) is 1. The van der Waals surface area contributed by atoms with Crippen molar-refractivity contribution in [2.75, 3.05) is 24.2 Å². The Labute approximate surface area is 177 Å². The summed E-state index contributed by atoms with van der Waals surface area (Å²) in [7, 11) is 1.78. The summed E-state index contributed by atoms with van der Waals surface area (Å²) < 4.78 is 0. The van der Waals surface area contributed by atoms with Gasteiger partial charge in [0.25, 0.3) is 0 Å². The van der Waals surface area contributed by atoms with Crippen molar-refractivity contribution in [2.45, 2.75) is 19.9 Å². The maximum Gasteiger partial charge on any atom is 0.246 e. The Morgan fingerprint density at radius 2 is 1.27 bits per heavy atom. The van der Waals surface area contributed by atoms with E-state index in [9.17, 15) is 9.59 Å². The fourth-order valence-corrected chi connectivity index (χ4v) is 3.24. The number of benzene rings is 3. The number of amides is 2. The highest BCUT2D eigenvalue weighted by Gasteiger charge is 2.26. The van der Waals surface area contributed by atoms with E-state index in [4.69, 9.17) is 0 Å². The minimum Gasteiger partial charge on any atom is -0.325 e. The second-order valence-electron chi connectivity index (χ2n) is 7.50. The normalized spacial score (nSPS) is 11.7. The van der Waals surface area contributed by atoms with Crippen molar-refractivity contribution in [2.24, 2.45) is 0 Å². The van der Waals surface area contributed by atoms with Gasteiger partial charge in [0.2, 0.25) is 11.8 Å². The summed E-state index contributed by atoms with van der Waals surface area (Å²) in [5.41, 5.74) is 4.54. The molecule has 0 saturated carbocycles. The van der Waals surface area contributed by atoms with Crippen LogP contribution in [0, 0.1) is 13.8 Å². The van der Waals surface area contributed by atoms with E-state index in [2.05, 4.69) is 10.6 Å². The third-order valence-electron chi connectivity index (χ3n) is 4.85. The molecule has 0 fully saturated rings. The maximum absolute atomic E-state index is 13.1. The van der Waals surface area contributed by atoms with Gasteiger partial charge < -0.3 is 10.6 Å². The predicted octanol–water partition coefficient (Wildman–Crippen LogP) is 4.55. The summed E-state index contributed by atoms with van der Waals surface area (Å²) in [4.78, 5) is 27.5. The minimum atomic E-state index is -0.601. The zero-order valence-corrected chi connectivity index (χ0v) is 17.6. The maximum atomic E-state index is 13.1. The molecule has 0 aromatic heterocycles. The summed E-state index contributed by atoms with van der Waals surface area (Å²) in [5.74, 6) is -0.360. The Morgan fingerprint density at radius 3 is 1.80 bits per heavy atom. The van der Waals surface area contributed by atoms with Crippen molar-refractivity contribution in [1.29, 1.82) is 0 Å². The summed E-state index contributed by atoms with van der Waals surface area (Å²) >= 11 is 0. The molecule has 0 aliphatic carbocycles. The van der Waals surface area contributed by atoms with E-state index in [1.165, 1.54) is 0 Å². The lowest BCUT2D eigenvalue weighted by molar-refractivity contribution is -0.123. The molecule has 2 amide bonds. The highest BCUT2D eigenvalue weighted by atomic mass is 16.2. The van der Waals surface area contributed by atoms with Crippen LogP contribution in [0.1, 0.15) is 22.7 Å². The zero-order valence-electron chi connectivity index (χ0n) is 17.6. The van der Waals surface area contributed by atoms with Gasteiger partial charge in [-0.25, -0.2) is 0 Å². The molecule has 5 heteroatoms. The van der Waals surface area contributed by atoms with Gasteiger partial charge in [0.1, 0.15) is 6.04 Å². The Kier molecular flexibility index (Phi) is 6.99. The molecule has 0 saturated heterocycles. The Bertz CT molecular complexity index is 983. The van der Waals surface area contributed by atoms with Crippen LogP contribution in [-0.2, 0) is 9.59 Å². The van der Waals surface area contributed by atoms with Gasteiger partial charge >= 0.3 is 0 Å². The van der Waals surface area contributed by atoms with Gasteiger partial charge in [-0.1, -0.05) is 65.7 Å². The molecule has 0 radical (unpaired) electrons. The molecule has 1 unspecified atom stereocenters. The fourth-order valence-electron chi connectivity index (χ4n) is 3.24. The van der Waals surface area contributed by atoms with E-state index < -0.39 is 6.04 Å². The van der Waals surface area contributed by atoms with Crippen molar-refractivity contribution in [1.82, 2.24) is 4.90 Å². The van der Waals surface area contributed by atoms with Gasteiger partial charge in [-0.15, -0.1) is 0 Å². The SMILES string of the molecule is Cc1ccc(NC(=O)CN(C)C(C(=O)Nc2ccc(C)cc2)c2ccccc2)cc1. The number of hydrogen-bond acceptors (Lipinski definition) is 3. The highest BCUT2D eigenvalue weighted by Crippen LogP contribution is 2.22. The molecular formula is C25H27N3O2. The second kappa shape index (κ2) is 9.85. The molecule has 0 spiro atoms. The molecule has 3 rings (SSSR count). The van der Waals surface area contributed by atoms with Gasteiger partial charge in [0, 0.05) is 11.4 Å². The van der Waals surface area contributed by atoms with Crippen molar-refractivity contribution in [3.63, 3.8) is 0 Å². The number of hydrogen-bond donors (Lipinski definition) is 2. The first kappa shape index (κ1) is 21.3. The van der Waals surface area contributed by atoms with Crippen molar-refractivity contribution < 1.29 is 9.59 Å². The molecule has 5 nitrogen and oxygen atoms in total. The Hall–Kier alpha value is -3.44. The smallest absolute Gasteiger partial charge is 0.246 e.